The van der Waals surface area contributed by atoms with Crippen LogP contribution in [-0.2, 0) is 17.8 Å². The average Bonchev–Trinajstić information content (AvgIpc) is 3.27. The van der Waals surface area contributed by atoms with E-state index < -0.39 is 6.10 Å². The van der Waals surface area contributed by atoms with E-state index in [1.54, 1.807) is 0 Å². The Labute approximate surface area is 172 Å². The Kier molecular flexibility index (Phi) is 6.16. The minimum absolute atomic E-state index is 0.198. The number of likely N-dealkylation sites (tertiary alicyclic amines) is 1. The molecule has 1 N–H and O–H groups in total. The molecule has 29 heavy (non-hydrogen) atoms. The molecule has 1 amide bonds. The molecule has 0 radical (unpaired) electrons. The molecule has 2 aliphatic rings. The van der Waals surface area contributed by atoms with Gasteiger partial charge in [0.2, 0.25) is 5.91 Å². The molecule has 1 saturated heterocycles. The summed E-state index contributed by atoms with van der Waals surface area (Å²) in [5, 5.41) is 10.6. The van der Waals surface area contributed by atoms with Crippen LogP contribution < -0.4 is 4.74 Å². The Morgan fingerprint density at radius 2 is 1.79 bits per heavy atom. The van der Waals surface area contributed by atoms with Crippen molar-refractivity contribution in [3.63, 3.8) is 0 Å². The smallest absolute Gasteiger partial charge is 0.240 e. The standard InChI is InChI=1S/C24H30N2O3/c1-18-8-10-22(11-9-18)29-17-21(27)16-26-15-20-7-3-2-6-19(20)14-23(26)24(28)25-12-4-5-13-25/h2-3,6-11,21,23,27H,4-5,12-17H2,1H3. The van der Waals surface area contributed by atoms with Crippen LogP contribution >= 0.6 is 0 Å². The quantitative estimate of drug-likeness (QED) is 0.819. The zero-order valence-electron chi connectivity index (χ0n) is 17.1. The van der Waals surface area contributed by atoms with E-state index in [0.717, 1.165) is 31.7 Å². The number of fused-ring (bicyclic) bond motifs is 1. The molecule has 1 fully saturated rings. The van der Waals surface area contributed by atoms with Crippen LogP contribution in [0.3, 0.4) is 0 Å². The summed E-state index contributed by atoms with van der Waals surface area (Å²) in [6.07, 6.45) is 2.22. The van der Waals surface area contributed by atoms with Crippen LogP contribution in [0.25, 0.3) is 0 Å². The highest BCUT2D eigenvalue weighted by Crippen LogP contribution is 2.26. The summed E-state index contributed by atoms with van der Waals surface area (Å²) >= 11 is 0. The molecular weight excluding hydrogens is 364 g/mol. The summed E-state index contributed by atoms with van der Waals surface area (Å²) in [4.78, 5) is 17.3. The van der Waals surface area contributed by atoms with E-state index in [1.165, 1.54) is 16.7 Å². The van der Waals surface area contributed by atoms with E-state index in [4.69, 9.17) is 4.74 Å². The van der Waals surface area contributed by atoms with E-state index in [0.29, 0.717) is 19.5 Å². The Morgan fingerprint density at radius 3 is 2.52 bits per heavy atom. The fraction of sp³-hybridized carbons (Fsp3) is 0.458. The topological polar surface area (TPSA) is 53.0 Å². The van der Waals surface area contributed by atoms with Crippen molar-refractivity contribution in [3.8, 4) is 5.75 Å². The Hall–Kier alpha value is -2.37. The first-order valence-electron chi connectivity index (χ1n) is 10.6. The summed E-state index contributed by atoms with van der Waals surface area (Å²) in [5.74, 6) is 0.951. The van der Waals surface area contributed by atoms with E-state index in [2.05, 4.69) is 17.0 Å². The third-order valence-corrected chi connectivity index (χ3v) is 5.96. The zero-order chi connectivity index (χ0) is 20.2. The number of aliphatic hydroxyl groups is 1. The Morgan fingerprint density at radius 1 is 1.10 bits per heavy atom. The molecule has 2 aromatic carbocycles. The van der Waals surface area contributed by atoms with Crippen LogP contribution in [0.1, 0.15) is 29.5 Å². The van der Waals surface area contributed by atoms with Crippen molar-refractivity contribution in [2.75, 3.05) is 26.2 Å². The second kappa shape index (κ2) is 8.97. The van der Waals surface area contributed by atoms with E-state index in [9.17, 15) is 9.90 Å². The second-order valence-electron chi connectivity index (χ2n) is 8.23. The first kappa shape index (κ1) is 19.9. The predicted octanol–water partition coefficient (Wildman–Crippen LogP) is 2.78. The van der Waals surface area contributed by atoms with Gasteiger partial charge in [-0.05, 0) is 49.4 Å². The van der Waals surface area contributed by atoms with E-state index >= 15 is 0 Å². The monoisotopic (exact) mass is 394 g/mol. The van der Waals surface area contributed by atoms with E-state index in [-0.39, 0.29) is 18.6 Å². The van der Waals surface area contributed by atoms with Gasteiger partial charge in [0, 0.05) is 26.2 Å². The van der Waals surface area contributed by atoms with Crippen LogP contribution in [0.15, 0.2) is 48.5 Å². The lowest BCUT2D eigenvalue weighted by atomic mass is 9.93. The molecule has 154 valence electrons. The maximum absolute atomic E-state index is 13.2. The minimum Gasteiger partial charge on any atom is -0.491 e. The van der Waals surface area contributed by atoms with Gasteiger partial charge in [0.25, 0.3) is 0 Å². The highest BCUT2D eigenvalue weighted by atomic mass is 16.5. The number of hydrogen-bond donors (Lipinski definition) is 1. The summed E-state index contributed by atoms with van der Waals surface area (Å²) < 4.78 is 5.76. The highest BCUT2D eigenvalue weighted by molar-refractivity contribution is 5.83. The first-order chi connectivity index (χ1) is 14.1. The molecule has 2 atom stereocenters. The maximum Gasteiger partial charge on any atom is 0.240 e. The molecule has 5 nitrogen and oxygen atoms in total. The van der Waals surface area contributed by atoms with Gasteiger partial charge in [0.15, 0.2) is 0 Å². The molecule has 2 aliphatic heterocycles. The van der Waals surface area contributed by atoms with Crippen molar-refractivity contribution in [2.45, 2.75) is 44.9 Å². The van der Waals surface area contributed by atoms with Crippen LogP contribution in [0.4, 0.5) is 0 Å². The minimum atomic E-state index is -0.657. The maximum atomic E-state index is 13.2. The molecule has 4 rings (SSSR count). The number of benzene rings is 2. The van der Waals surface area contributed by atoms with Crippen molar-refractivity contribution in [3.05, 3.63) is 65.2 Å². The number of rotatable bonds is 6. The number of aliphatic hydroxyl groups excluding tert-OH is 1. The molecule has 2 unspecified atom stereocenters. The molecule has 2 heterocycles. The van der Waals surface area contributed by atoms with Gasteiger partial charge >= 0.3 is 0 Å². The first-order valence-corrected chi connectivity index (χ1v) is 10.6. The van der Waals surface area contributed by atoms with Crippen molar-refractivity contribution < 1.29 is 14.6 Å². The van der Waals surface area contributed by atoms with Crippen LogP contribution in [0.5, 0.6) is 5.75 Å². The summed E-state index contributed by atoms with van der Waals surface area (Å²) in [7, 11) is 0. The average molecular weight is 395 g/mol. The lowest BCUT2D eigenvalue weighted by molar-refractivity contribution is -0.137. The summed E-state index contributed by atoms with van der Waals surface area (Å²) in [6.45, 7) is 5.05. The Bertz CT molecular complexity index is 830. The number of ether oxygens (including phenoxy) is 1. The number of amides is 1. The second-order valence-corrected chi connectivity index (χ2v) is 8.23. The molecule has 0 aliphatic carbocycles. The highest BCUT2D eigenvalue weighted by Gasteiger charge is 2.35. The van der Waals surface area contributed by atoms with Gasteiger partial charge in [-0.25, -0.2) is 0 Å². The van der Waals surface area contributed by atoms with Crippen LogP contribution in [0, 0.1) is 6.92 Å². The van der Waals surface area contributed by atoms with Crippen LogP contribution in [0.2, 0.25) is 0 Å². The normalized spacial score (nSPS) is 20.3. The number of nitrogens with zero attached hydrogens (tertiary/aromatic N) is 2. The molecule has 0 saturated carbocycles. The molecular formula is C24H30N2O3. The lowest BCUT2D eigenvalue weighted by Gasteiger charge is -2.38. The van der Waals surface area contributed by atoms with Gasteiger partial charge in [0.05, 0.1) is 6.04 Å². The number of carbonyl (C=O) groups is 1. The summed E-state index contributed by atoms with van der Waals surface area (Å²) in [6, 6.07) is 15.9. The summed E-state index contributed by atoms with van der Waals surface area (Å²) in [5.41, 5.74) is 3.66. The van der Waals surface area contributed by atoms with Gasteiger partial charge in [-0.2, -0.15) is 0 Å². The predicted molar refractivity (Wildman–Crippen MR) is 113 cm³/mol. The van der Waals surface area contributed by atoms with Crippen molar-refractivity contribution in [1.29, 1.82) is 0 Å². The Balaban J connectivity index is 1.43. The van der Waals surface area contributed by atoms with Crippen molar-refractivity contribution in [1.82, 2.24) is 9.80 Å². The zero-order valence-corrected chi connectivity index (χ0v) is 17.1. The van der Waals surface area contributed by atoms with Gasteiger partial charge in [-0.15, -0.1) is 0 Å². The fourth-order valence-electron chi connectivity index (χ4n) is 4.31. The third kappa shape index (κ3) is 4.80. The van der Waals surface area contributed by atoms with Gasteiger partial charge in [-0.1, -0.05) is 42.0 Å². The SMILES string of the molecule is Cc1ccc(OCC(O)CN2Cc3ccccc3CC2C(=O)N2CCCC2)cc1. The molecule has 0 spiro atoms. The number of aryl methyl sites for hydroxylation is 1. The molecule has 0 bridgehead atoms. The fourth-order valence-corrected chi connectivity index (χ4v) is 4.31. The number of carbonyl (C=O) groups excluding carboxylic acids is 1. The third-order valence-electron chi connectivity index (χ3n) is 5.96. The lowest BCUT2D eigenvalue weighted by Crippen LogP contribution is -2.53. The number of β-amino-alcohol motifs (C(OH)–C–C–N with tert-alkyl or cyclic N) is 1. The van der Waals surface area contributed by atoms with E-state index in [1.807, 2.05) is 48.2 Å². The molecule has 0 aromatic heterocycles. The van der Waals surface area contributed by atoms with Crippen LogP contribution in [-0.4, -0.2) is 59.2 Å². The van der Waals surface area contributed by atoms with Crippen molar-refractivity contribution in [2.24, 2.45) is 0 Å². The van der Waals surface area contributed by atoms with Gasteiger partial charge in [0.1, 0.15) is 18.5 Å². The largest absolute Gasteiger partial charge is 0.491 e. The van der Waals surface area contributed by atoms with Gasteiger partial charge in [-0.3, -0.25) is 9.69 Å². The molecule has 5 heteroatoms. The molecule has 2 aromatic rings. The number of hydrogen-bond acceptors (Lipinski definition) is 4. The van der Waals surface area contributed by atoms with Gasteiger partial charge < -0.3 is 14.7 Å². The van der Waals surface area contributed by atoms with Crippen molar-refractivity contribution >= 4 is 5.91 Å².